The Balaban J connectivity index is 1.47. The van der Waals surface area contributed by atoms with Crippen molar-refractivity contribution in [3.63, 3.8) is 0 Å². The van der Waals surface area contributed by atoms with E-state index in [9.17, 15) is 4.79 Å². The number of benzene rings is 1. The van der Waals surface area contributed by atoms with Gasteiger partial charge in [0.25, 0.3) is 0 Å². The van der Waals surface area contributed by atoms with Crippen LogP contribution in [0.15, 0.2) is 47.9 Å². The van der Waals surface area contributed by atoms with Gasteiger partial charge in [-0.1, -0.05) is 23.9 Å². The molecule has 2 aromatic heterocycles. The third-order valence-corrected chi connectivity index (χ3v) is 5.55. The van der Waals surface area contributed by atoms with E-state index < -0.39 is 0 Å². The topological polar surface area (TPSA) is 60.7 Å². The zero-order valence-corrected chi connectivity index (χ0v) is 14.8. The zero-order valence-electron chi connectivity index (χ0n) is 14.0. The second-order valence-corrected chi connectivity index (χ2v) is 7.09. The van der Waals surface area contributed by atoms with Crippen molar-refractivity contribution in [2.45, 2.75) is 24.4 Å². The number of pyridine rings is 1. The van der Waals surface area contributed by atoms with Gasteiger partial charge in [0.05, 0.1) is 5.75 Å². The molecule has 0 radical (unpaired) electrons. The van der Waals surface area contributed by atoms with E-state index in [2.05, 4.69) is 27.3 Å². The summed E-state index contributed by atoms with van der Waals surface area (Å²) >= 11 is 1.42. The van der Waals surface area contributed by atoms with Gasteiger partial charge in [0.2, 0.25) is 0 Å². The Bertz CT molecular complexity index is 920. The molecule has 2 heterocycles. The second-order valence-electron chi connectivity index (χ2n) is 6.15. The lowest BCUT2D eigenvalue weighted by Gasteiger charge is -2.05. The summed E-state index contributed by atoms with van der Waals surface area (Å²) in [6.07, 6.45) is 6.87. The lowest BCUT2D eigenvalue weighted by atomic mass is 10.0. The van der Waals surface area contributed by atoms with Gasteiger partial charge in [-0.2, -0.15) is 0 Å². The molecule has 4 rings (SSSR count). The Labute approximate surface area is 150 Å². The number of Topliss-reactive ketones (excluding diaryl/α,β-unsaturated/α-hetero) is 1. The highest BCUT2D eigenvalue weighted by molar-refractivity contribution is 7.99. The molecule has 1 aliphatic carbocycles. The van der Waals surface area contributed by atoms with Crippen LogP contribution in [-0.2, 0) is 19.9 Å². The van der Waals surface area contributed by atoms with Crippen molar-refractivity contribution in [1.82, 2.24) is 19.7 Å². The van der Waals surface area contributed by atoms with Crippen molar-refractivity contribution in [1.29, 1.82) is 0 Å². The number of nitrogens with zero attached hydrogens (tertiary/aromatic N) is 4. The summed E-state index contributed by atoms with van der Waals surface area (Å²) in [6.45, 7) is 0. The molecular weight excluding hydrogens is 332 g/mol. The van der Waals surface area contributed by atoms with Crippen molar-refractivity contribution >= 4 is 17.5 Å². The molecule has 0 saturated heterocycles. The lowest BCUT2D eigenvalue weighted by molar-refractivity contribution is 0.102. The first-order valence-corrected chi connectivity index (χ1v) is 9.28. The van der Waals surface area contributed by atoms with Gasteiger partial charge >= 0.3 is 0 Å². The first kappa shape index (κ1) is 16.0. The average molecular weight is 350 g/mol. The number of carbonyl (C=O) groups excluding carboxylic acids is 1. The van der Waals surface area contributed by atoms with E-state index in [1.54, 1.807) is 12.4 Å². The molecule has 0 bridgehead atoms. The molecule has 25 heavy (non-hydrogen) atoms. The summed E-state index contributed by atoms with van der Waals surface area (Å²) in [5, 5.41) is 9.19. The average Bonchev–Trinajstić information content (AvgIpc) is 3.26. The molecule has 0 atom stereocenters. The second kappa shape index (κ2) is 6.80. The summed E-state index contributed by atoms with van der Waals surface area (Å²) in [5.74, 6) is 1.27. The van der Waals surface area contributed by atoms with Gasteiger partial charge in [-0.3, -0.25) is 9.78 Å². The highest BCUT2D eigenvalue weighted by Gasteiger charge is 2.16. The molecule has 0 amide bonds. The van der Waals surface area contributed by atoms with Crippen LogP contribution in [0.1, 0.15) is 27.9 Å². The maximum absolute atomic E-state index is 12.5. The Hall–Kier alpha value is -2.47. The van der Waals surface area contributed by atoms with E-state index in [-0.39, 0.29) is 5.78 Å². The van der Waals surface area contributed by atoms with Crippen LogP contribution in [0.3, 0.4) is 0 Å². The Morgan fingerprint density at radius 1 is 1.12 bits per heavy atom. The highest BCUT2D eigenvalue weighted by atomic mass is 32.2. The minimum absolute atomic E-state index is 0.133. The largest absolute Gasteiger partial charge is 0.305 e. The smallest absolute Gasteiger partial charge is 0.191 e. The number of hydrogen-bond acceptors (Lipinski definition) is 5. The summed E-state index contributed by atoms with van der Waals surface area (Å²) < 4.78 is 1.91. The van der Waals surface area contributed by atoms with Gasteiger partial charge in [0.15, 0.2) is 16.8 Å². The molecule has 0 aliphatic heterocycles. The summed E-state index contributed by atoms with van der Waals surface area (Å²) in [7, 11) is 1.91. The van der Waals surface area contributed by atoms with Crippen LogP contribution in [0.25, 0.3) is 11.4 Å². The fourth-order valence-corrected chi connectivity index (χ4v) is 3.96. The monoisotopic (exact) mass is 350 g/mol. The fourth-order valence-electron chi connectivity index (χ4n) is 3.15. The molecule has 5 nitrogen and oxygen atoms in total. The minimum atomic E-state index is 0.133. The number of carbonyl (C=O) groups is 1. The normalized spacial score (nSPS) is 13.0. The SMILES string of the molecule is Cn1c(SCC(=O)c2ccc3c(c2)CCC3)nnc1-c1ccncc1. The van der Waals surface area contributed by atoms with E-state index >= 15 is 0 Å². The lowest BCUT2D eigenvalue weighted by Crippen LogP contribution is -2.05. The molecule has 126 valence electrons. The summed E-state index contributed by atoms with van der Waals surface area (Å²) in [5.41, 5.74) is 4.47. The van der Waals surface area contributed by atoms with Crippen molar-refractivity contribution in [3.05, 3.63) is 59.4 Å². The number of hydrogen-bond donors (Lipinski definition) is 0. The van der Waals surface area contributed by atoms with Gasteiger partial charge in [0.1, 0.15) is 0 Å². The number of thioether (sulfide) groups is 1. The Morgan fingerprint density at radius 3 is 2.76 bits per heavy atom. The van der Waals surface area contributed by atoms with Crippen molar-refractivity contribution in [2.75, 3.05) is 5.75 Å². The summed E-state index contributed by atoms with van der Waals surface area (Å²) in [6, 6.07) is 9.91. The van der Waals surface area contributed by atoms with Crippen LogP contribution in [0, 0.1) is 0 Å². The van der Waals surface area contributed by atoms with Crippen molar-refractivity contribution < 1.29 is 4.79 Å². The minimum Gasteiger partial charge on any atom is -0.305 e. The van der Waals surface area contributed by atoms with E-state index in [1.165, 1.54) is 29.3 Å². The predicted molar refractivity (Wildman–Crippen MR) is 97.8 cm³/mol. The van der Waals surface area contributed by atoms with Gasteiger partial charge in [0, 0.05) is 30.6 Å². The fraction of sp³-hybridized carbons (Fsp3) is 0.263. The van der Waals surface area contributed by atoms with Crippen LogP contribution < -0.4 is 0 Å². The third kappa shape index (κ3) is 3.22. The number of rotatable bonds is 5. The van der Waals surface area contributed by atoms with Crippen LogP contribution in [0.5, 0.6) is 0 Å². The molecule has 0 N–H and O–H groups in total. The van der Waals surface area contributed by atoms with E-state index in [0.29, 0.717) is 5.75 Å². The van der Waals surface area contributed by atoms with Gasteiger partial charge in [-0.25, -0.2) is 0 Å². The highest BCUT2D eigenvalue weighted by Crippen LogP contribution is 2.25. The first-order chi connectivity index (χ1) is 12.2. The van der Waals surface area contributed by atoms with Crippen molar-refractivity contribution in [3.8, 4) is 11.4 Å². The molecule has 0 spiro atoms. The molecule has 1 aliphatic rings. The van der Waals surface area contributed by atoms with E-state index in [4.69, 9.17) is 0 Å². The van der Waals surface area contributed by atoms with Crippen LogP contribution in [0.4, 0.5) is 0 Å². The molecule has 0 unspecified atom stereocenters. The van der Waals surface area contributed by atoms with Crippen molar-refractivity contribution in [2.24, 2.45) is 7.05 Å². The Kier molecular flexibility index (Phi) is 4.36. The third-order valence-electron chi connectivity index (χ3n) is 4.53. The van der Waals surface area contributed by atoms with E-state index in [0.717, 1.165) is 34.9 Å². The molecule has 3 aromatic rings. The number of fused-ring (bicyclic) bond motifs is 1. The van der Waals surface area contributed by atoms with Crippen LogP contribution in [0.2, 0.25) is 0 Å². The number of aromatic nitrogens is 4. The molecular formula is C19H18N4OS. The van der Waals surface area contributed by atoms with Crippen LogP contribution >= 0.6 is 11.8 Å². The molecule has 0 fully saturated rings. The predicted octanol–water partition coefficient (Wildman–Crippen LogP) is 3.34. The maximum Gasteiger partial charge on any atom is 0.191 e. The summed E-state index contributed by atoms with van der Waals surface area (Å²) in [4.78, 5) is 16.5. The standard InChI is InChI=1S/C19H18N4OS/c1-23-18(14-7-9-20-10-8-14)21-22-19(23)25-12-17(24)16-6-5-13-3-2-4-15(13)11-16/h5-11H,2-4,12H2,1H3. The maximum atomic E-state index is 12.5. The zero-order chi connectivity index (χ0) is 17.2. The van der Waals surface area contributed by atoms with Gasteiger partial charge < -0.3 is 4.57 Å². The molecule has 6 heteroatoms. The molecule has 0 saturated carbocycles. The quantitative estimate of drug-likeness (QED) is 0.522. The molecule has 1 aromatic carbocycles. The number of aryl methyl sites for hydroxylation is 2. The van der Waals surface area contributed by atoms with Gasteiger partial charge in [-0.15, -0.1) is 10.2 Å². The van der Waals surface area contributed by atoms with Gasteiger partial charge in [-0.05, 0) is 48.6 Å². The number of ketones is 1. The van der Waals surface area contributed by atoms with Crippen LogP contribution in [-0.4, -0.2) is 31.3 Å². The first-order valence-electron chi connectivity index (χ1n) is 8.30. The van der Waals surface area contributed by atoms with E-state index in [1.807, 2.05) is 29.8 Å². The Morgan fingerprint density at radius 2 is 1.92 bits per heavy atom.